The summed E-state index contributed by atoms with van der Waals surface area (Å²) in [5, 5.41) is 16.1. The van der Waals surface area contributed by atoms with Crippen molar-refractivity contribution < 1.29 is 4.90 Å². The average Bonchev–Trinajstić information content (AvgIpc) is 2.28. The number of thiocarbonyl (C=S) groups is 1. The Morgan fingerprint density at radius 2 is 2.22 bits per heavy atom. The molecule has 0 unspecified atom stereocenters. The molecule has 0 radical (unpaired) electrons. The number of nitriles is 1. The number of halogens is 1. The molecular formula is C12H16ClN4S+. The van der Waals surface area contributed by atoms with Crippen LogP contribution in [0.1, 0.15) is 5.56 Å². The highest BCUT2D eigenvalue weighted by Gasteiger charge is 2.05. The summed E-state index contributed by atoms with van der Waals surface area (Å²) in [5.41, 5.74) is 1.14. The lowest BCUT2D eigenvalue weighted by atomic mass is 10.2. The monoisotopic (exact) mass is 283 g/mol. The Morgan fingerprint density at radius 3 is 2.83 bits per heavy atom. The number of nitrogens with zero attached hydrogens (tertiary/aromatic N) is 1. The number of likely N-dealkylation sites (N-methyl/N-ethyl adjacent to an activating group) is 1. The molecule has 96 valence electrons. The molecule has 6 heteroatoms. The van der Waals surface area contributed by atoms with E-state index in [4.69, 9.17) is 29.1 Å². The van der Waals surface area contributed by atoms with Crippen LogP contribution in [0.25, 0.3) is 0 Å². The molecule has 0 bridgehead atoms. The van der Waals surface area contributed by atoms with Crippen LogP contribution in [0.5, 0.6) is 0 Å². The number of hydrogen-bond donors (Lipinski definition) is 3. The number of quaternary nitrogens is 1. The summed E-state index contributed by atoms with van der Waals surface area (Å²) in [6.07, 6.45) is 0. The van der Waals surface area contributed by atoms with Gasteiger partial charge in [0, 0.05) is 5.02 Å². The molecule has 0 aliphatic heterocycles. The predicted molar refractivity (Wildman–Crippen MR) is 78.1 cm³/mol. The molecule has 0 aromatic heterocycles. The lowest BCUT2D eigenvalue weighted by Crippen LogP contribution is -3.06. The van der Waals surface area contributed by atoms with Crippen LogP contribution in [0, 0.1) is 11.3 Å². The van der Waals surface area contributed by atoms with E-state index in [2.05, 4.69) is 30.8 Å². The van der Waals surface area contributed by atoms with Gasteiger partial charge in [0.25, 0.3) is 0 Å². The normalized spacial score (nSPS) is 9.94. The molecule has 0 saturated carbocycles. The first-order chi connectivity index (χ1) is 8.52. The van der Waals surface area contributed by atoms with Gasteiger partial charge in [0.05, 0.1) is 38.4 Å². The Labute approximate surface area is 118 Å². The van der Waals surface area contributed by atoms with E-state index in [1.165, 1.54) is 4.90 Å². The van der Waals surface area contributed by atoms with E-state index in [9.17, 15) is 0 Å². The first kappa shape index (κ1) is 14.7. The molecule has 0 heterocycles. The van der Waals surface area contributed by atoms with Crippen molar-refractivity contribution in [3.8, 4) is 6.07 Å². The third kappa shape index (κ3) is 4.88. The molecule has 1 aromatic carbocycles. The van der Waals surface area contributed by atoms with E-state index in [0.29, 0.717) is 21.4 Å². The largest absolute Gasteiger partial charge is 0.357 e. The van der Waals surface area contributed by atoms with Crippen LogP contribution in [0.2, 0.25) is 5.02 Å². The van der Waals surface area contributed by atoms with Crippen LogP contribution < -0.4 is 15.5 Å². The fourth-order valence-corrected chi connectivity index (χ4v) is 1.69. The summed E-state index contributed by atoms with van der Waals surface area (Å²) >= 11 is 11.0. The van der Waals surface area contributed by atoms with Crippen molar-refractivity contribution in [2.45, 2.75) is 0 Å². The van der Waals surface area contributed by atoms with Gasteiger partial charge < -0.3 is 15.5 Å². The van der Waals surface area contributed by atoms with Gasteiger partial charge in [-0.1, -0.05) is 11.6 Å². The maximum Gasteiger partial charge on any atom is 0.171 e. The zero-order valence-electron chi connectivity index (χ0n) is 10.4. The SMILES string of the molecule is C[NH+](C)CCNC(=S)Nc1cc(Cl)ccc1C#N. The minimum Gasteiger partial charge on any atom is -0.357 e. The Balaban J connectivity index is 2.59. The van der Waals surface area contributed by atoms with Crippen LogP contribution in [0.4, 0.5) is 5.69 Å². The van der Waals surface area contributed by atoms with Crippen molar-refractivity contribution in [3.05, 3.63) is 28.8 Å². The van der Waals surface area contributed by atoms with Crippen molar-refractivity contribution in [2.24, 2.45) is 0 Å². The van der Waals surface area contributed by atoms with Gasteiger partial charge in [-0.2, -0.15) is 5.26 Å². The summed E-state index contributed by atoms with van der Waals surface area (Å²) in [4.78, 5) is 1.34. The molecule has 1 aromatic rings. The van der Waals surface area contributed by atoms with E-state index in [0.717, 1.165) is 13.1 Å². The second-order valence-corrected chi connectivity index (χ2v) is 4.98. The number of anilines is 1. The van der Waals surface area contributed by atoms with Gasteiger partial charge in [0.1, 0.15) is 6.07 Å². The quantitative estimate of drug-likeness (QED) is 0.710. The Hall–Kier alpha value is -1.35. The number of nitrogens with one attached hydrogen (secondary N) is 3. The van der Waals surface area contributed by atoms with Gasteiger partial charge >= 0.3 is 0 Å². The highest BCUT2D eigenvalue weighted by Crippen LogP contribution is 2.20. The average molecular weight is 284 g/mol. The highest BCUT2D eigenvalue weighted by molar-refractivity contribution is 7.80. The van der Waals surface area contributed by atoms with E-state index in [-0.39, 0.29) is 0 Å². The Morgan fingerprint density at radius 1 is 1.50 bits per heavy atom. The van der Waals surface area contributed by atoms with E-state index >= 15 is 0 Å². The molecule has 0 spiro atoms. The molecule has 0 aliphatic carbocycles. The predicted octanol–water partition coefficient (Wildman–Crippen LogP) is 0.643. The van der Waals surface area contributed by atoms with Crippen molar-refractivity contribution in [1.29, 1.82) is 5.26 Å². The molecule has 18 heavy (non-hydrogen) atoms. The van der Waals surface area contributed by atoms with Crippen LogP contribution in [-0.2, 0) is 0 Å². The van der Waals surface area contributed by atoms with E-state index in [1.807, 2.05) is 0 Å². The Bertz CT molecular complexity index is 468. The summed E-state index contributed by atoms with van der Waals surface area (Å²) in [6.45, 7) is 1.74. The zero-order chi connectivity index (χ0) is 13.5. The Kier molecular flexibility index (Phi) is 5.86. The first-order valence-corrected chi connectivity index (χ1v) is 6.35. The van der Waals surface area contributed by atoms with Crippen molar-refractivity contribution in [1.82, 2.24) is 5.32 Å². The maximum absolute atomic E-state index is 8.97. The minimum atomic E-state index is 0.495. The lowest BCUT2D eigenvalue weighted by Gasteiger charge is -2.13. The van der Waals surface area contributed by atoms with Gasteiger partial charge in [-0.05, 0) is 30.4 Å². The summed E-state index contributed by atoms with van der Waals surface area (Å²) < 4.78 is 0. The third-order valence-electron chi connectivity index (χ3n) is 2.26. The number of benzene rings is 1. The molecule has 0 aliphatic rings. The number of hydrogen-bond acceptors (Lipinski definition) is 2. The highest BCUT2D eigenvalue weighted by atomic mass is 35.5. The molecule has 3 N–H and O–H groups in total. The molecule has 0 saturated heterocycles. The third-order valence-corrected chi connectivity index (χ3v) is 2.74. The first-order valence-electron chi connectivity index (χ1n) is 5.56. The zero-order valence-corrected chi connectivity index (χ0v) is 12.0. The standard InChI is InChI=1S/C12H15ClN4S/c1-17(2)6-5-15-12(18)16-11-7-10(13)4-3-9(11)8-14/h3-4,7H,5-6H2,1-2H3,(H2,15,16,18)/p+1. The molecule has 0 atom stereocenters. The molecule has 0 fully saturated rings. The summed E-state index contributed by atoms with van der Waals surface area (Å²) in [7, 11) is 4.14. The van der Waals surface area contributed by atoms with Crippen LogP contribution in [0.15, 0.2) is 18.2 Å². The molecule has 4 nitrogen and oxygen atoms in total. The van der Waals surface area contributed by atoms with Crippen LogP contribution in [-0.4, -0.2) is 32.3 Å². The van der Waals surface area contributed by atoms with Gasteiger partial charge in [0.15, 0.2) is 5.11 Å². The van der Waals surface area contributed by atoms with Crippen molar-refractivity contribution >= 4 is 34.6 Å². The topological polar surface area (TPSA) is 52.3 Å². The van der Waals surface area contributed by atoms with Gasteiger partial charge in [0.2, 0.25) is 0 Å². The summed E-state index contributed by atoms with van der Waals surface area (Å²) in [5.74, 6) is 0. The van der Waals surface area contributed by atoms with Crippen molar-refractivity contribution in [2.75, 3.05) is 32.5 Å². The summed E-state index contributed by atoms with van der Waals surface area (Å²) in [6, 6.07) is 7.12. The molecular weight excluding hydrogens is 268 g/mol. The van der Waals surface area contributed by atoms with Crippen LogP contribution in [0.3, 0.4) is 0 Å². The molecule has 1 rings (SSSR count). The minimum absolute atomic E-state index is 0.495. The van der Waals surface area contributed by atoms with Gasteiger partial charge in [-0.3, -0.25) is 0 Å². The van der Waals surface area contributed by atoms with E-state index < -0.39 is 0 Å². The maximum atomic E-state index is 8.97. The number of rotatable bonds is 4. The van der Waals surface area contributed by atoms with E-state index in [1.54, 1.807) is 18.2 Å². The van der Waals surface area contributed by atoms with Crippen LogP contribution >= 0.6 is 23.8 Å². The fraction of sp³-hybridized carbons (Fsp3) is 0.333. The fourth-order valence-electron chi connectivity index (χ4n) is 1.31. The van der Waals surface area contributed by atoms with Gasteiger partial charge in [-0.15, -0.1) is 0 Å². The lowest BCUT2D eigenvalue weighted by molar-refractivity contribution is -0.856. The van der Waals surface area contributed by atoms with Crippen molar-refractivity contribution in [3.63, 3.8) is 0 Å². The second-order valence-electron chi connectivity index (χ2n) is 4.14. The smallest absolute Gasteiger partial charge is 0.171 e. The van der Waals surface area contributed by atoms with Gasteiger partial charge in [-0.25, -0.2) is 0 Å². The molecule has 0 amide bonds. The second kappa shape index (κ2) is 7.17.